The summed E-state index contributed by atoms with van der Waals surface area (Å²) >= 11 is 12.1. The number of amides is 1. The Morgan fingerprint density at radius 1 is 1.10 bits per heavy atom. The zero-order valence-electron chi connectivity index (χ0n) is 16.7. The Balaban J connectivity index is 2.12. The van der Waals surface area contributed by atoms with E-state index in [4.69, 9.17) is 28.2 Å². The summed E-state index contributed by atoms with van der Waals surface area (Å²) in [6.07, 6.45) is 0.617. The highest BCUT2D eigenvalue weighted by atomic mass is 35.5. The third kappa shape index (κ3) is 4.02. The molecule has 152 valence electrons. The molecule has 29 heavy (non-hydrogen) atoms. The lowest BCUT2D eigenvalue weighted by atomic mass is 10.1. The molecule has 0 saturated heterocycles. The van der Waals surface area contributed by atoms with E-state index < -0.39 is 0 Å². The second-order valence-electron chi connectivity index (χ2n) is 6.68. The van der Waals surface area contributed by atoms with Crippen molar-refractivity contribution >= 4 is 40.0 Å². The molecule has 5 nitrogen and oxygen atoms in total. The Labute approximate surface area is 179 Å². The highest BCUT2D eigenvalue weighted by Crippen LogP contribution is 2.28. The van der Waals surface area contributed by atoms with E-state index >= 15 is 0 Å². The van der Waals surface area contributed by atoms with Crippen LogP contribution in [0, 0.1) is 0 Å². The number of carbonyl (C=O) groups is 1. The first-order valence-electron chi connectivity index (χ1n) is 9.68. The monoisotopic (exact) mass is 431 g/mol. The minimum Gasteiger partial charge on any atom is -0.329 e. The minimum atomic E-state index is -0.348. The van der Waals surface area contributed by atoms with Crippen LogP contribution in [0.2, 0.25) is 10.0 Å². The number of hydrogen-bond acceptors (Lipinski definition) is 3. The fourth-order valence-electron chi connectivity index (χ4n) is 3.59. The summed E-state index contributed by atoms with van der Waals surface area (Å²) in [6, 6.07) is 11.8. The van der Waals surface area contributed by atoms with Crippen LogP contribution in [0.25, 0.3) is 10.9 Å². The molecule has 0 spiro atoms. The van der Waals surface area contributed by atoms with Crippen molar-refractivity contribution in [1.82, 2.24) is 14.5 Å². The van der Waals surface area contributed by atoms with Gasteiger partial charge in [-0.2, -0.15) is 0 Å². The molecule has 1 unspecified atom stereocenters. The molecular weight excluding hydrogens is 409 g/mol. The normalized spacial score (nSPS) is 12.2. The molecule has 1 heterocycles. The predicted octanol–water partition coefficient (Wildman–Crippen LogP) is 5.34. The third-order valence-corrected chi connectivity index (χ3v) is 5.78. The molecule has 0 saturated carbocycles. The first kappa shape index (κ1) is 21.3. The number of hydrogen-bond donors (Lipinski definition) is 0. The third-order valence-electron chi connectivity index (χ3n) is 5.04. The second kappa shape index (κ2) is 8.97. The molecule has 0 aliphatic carbocycles. The molecule has 0 radical (unpaired) electrons. The summed E-state index contributed by atoms with van der Waals surface area (Å²) in [7, 11) is 0. The van der Waals surface area contributed by atoms with E-state index in [1.54, 1.807) is 33.7 Å². The van der Waals surface area contributed by atoms with Crippen molar-refractivity contribution < 1.29 is 4.79 Å². The number of fused-ring (bicyclic) bond motifs is 1. The van der Waals surface area contributed by atoms with Gasteiger partial charge in [-0.25, -0.2) is 4.98 Å². The van der Waals surface area contributed by atoms with E-state index in [9.17, 15) is 9.59 Å². The maximum atomic E-state index is 13.3. The van der Waals surface area contributed by atoms with Gasteiger partial charge in [-0.15, -0.1) is 0 Å². The van der Waals surface area contributed by atoms with Crippen molar-refractivity contribution in [3.63, 3.8) is 0 Å². The highest BCUT2D eigenvalue weighted by Gasteiger charge is 2.28. The van der Waals surface area contributed by atoms with Crippen LogP contribution in [0.3, 0.4) is 0 Å². The van der Waals surface area contributed by atoms with Crippen LogP contribution < -0.4 is 5.56 Å². The molecular formula is C22H23Cl2N3O2. The molecule has 0 aliphatic rings. The number of aromatic nitrogens is 2. The summed E-state index contributed by atoms with van der Waals surface area (Å²) < 4.78 is 1.65. The van der Waals surface area contributed by atoms with Gasteiger partial charge in [0.15, 0.2) is 0 Å². The fourth-order valence-corrected chi connectivity index (χ4v) is 3.89. The van der Waals surface area contributed by atoms with Crippen LogP contribution >= 0.6 is 23.2 Å². The molecule has 2 aromatic carbocycles. The zero-order chi connectivity index (χ0) is 21.1. The van der Waals surface area contributed by atoms with Crippen LogP contribution in [0.5, 0.6) is 0 Å². The van der Waals surface area contributed by atoms with Crippen LogP contribution in [-0.4, -0.2) is 26.9 Å². The van der Waals surface area contributed by atoms with Crippen LogP contribution in [0.15, 0.2) is 47.3 Å². The van der Waals surface area contributed by atoms with Gasteiger partial charge in [-0.1, -0.05) is 42.3 Å². The molecule has 0 N–H and O–H groups in total. The summed E-state index contributed by atoms with van der Waals surface area (Å²) in [4.78, 5) is 32.8. The van der Waals surface area contributed by atoms with Crippen molar-refractivity contribution in [2.45, 2.75) is 39.8 Å². The summed E-state index contributed by atoms with van der Waals surface area (Å²) in [5.74, 6) is 0.414. The molecule has 1 aromatic heterocycles. The van der Waals surface area contributed by atoms with E-state index in [1.165, 1.54) is 0 Å². The predicted molar refractivity (Wildman–Crippen MR) is 118 cm³/mol. The lowest BCUT2D eigenvalue weighted by Gasteiger charge is -2.31. The molecule has 0 aliphatic heterocycles. The molecule has 0 fully saturated rings. The van der Waals surface area contributed by atoms with Gasteiger partial charge >= 0.3 is 0 Å². The van der Waals surface area contributed by atoms with E-state index in [0.29, 0.717) is 51.8 Å². The second-order valence-corrected chi connectivity index (χ2v) is 7.50. The van der Waals surface area contributed by atoms with Gasteiger partial charge in [0, 0.05) is 18.7 Å². The van der Waals surface area contributed by atoms with Crippen molar-refractivity contribution in [2.75, 3.05) is 6.54 Å². The lowest BCUT2D eigenvalue weighted by molar-refractivity contribution is 0.0669. The molecule has 0 bridgehead atoms. The quantitative estimate of drug-likeness (QED) is 0.529. The largest absolute Gasteiger partial charge is 0.329 e. The van der Waals surface area contributed by atoms with Crippen molar-refractivity contribution in [3.8, 4) is 0 Å². The smallest absolute Gasteiger partial charge is 0.261 e. The zero-order valence-corrected chi connectivity index (χ0v) is 18.2. The van der Waals surface area contributed by atoms with E-state index in [1.807, 2.05) is 39.0 Å². The van der Waals surface area contributed by atoms with E-state index in [-0.39, 0.29) is 17.5 Å². The molecule has 3 rings (SSSR count). The van der Waals surface area contributed by atoms with E-state index in [0.717, 1.165) is 0 Å². The Morgan fingerprint density at radius 2 is 1.83 bits per heavy atom. The highest BCUT2D eigenvalue weighted by molar-refractivity contribution is 6.42. The summed E-state index contributed by atoms with van der Waals surface area (Å²) in [5, 5.41) is 1.30. The summed E-state index contributed by atoms with van der Waals surface area (Å²) in [6.45, 7) is 6.74. The van der Waals surface area contributed by atoms with Gasteiger partial charge in [0.25, 0.3) is 11.5 Å². The summed E-state index contributed by atoms with van der Waals surface area (Å²) in [5.41, 5.74) is 0.990. The molecule has 3 aromatic rings. The Bertz CT molecular complexity index is 1110. The van der Waals surface area contributed by atoms with Crippen LogP contribution in [-0.2, 0) is 6.54 Å². The average molecular weight is 432 g/mol. The SMILES string of the molecule is CCC(c1nc2ccccc2c(=O)n1CC)N(CC)C(=O)c1ccc(Cl)c(Cl)c1. The Kier molecular flexibility index (Phi) is 6.60. The van der Waals surface area contributed by atoms with Crippen LogP contribution in [0.1, 0.15) is 49.4 Å². The number of halogens is 2. The van der Waals surface area contributed by atoms with Gasteiger partial charge in [0.1, 0.15) is 5.82 Å². The molecule has 1 atom stereocenters. The molecule has 7 heteroatoms. The number of benzene rings is 2. The van der Waals surface area contributed by atoms with Gasteiger partial charge < -0.3 is 4.90 Å². The van der Waals surface area contributed by atoms with Crippen molar-refractivity contribution in [2.24, 2.45) is 0 Å². The maximum absolute atomic E-state index is 13.3. The van der Waals surface area contributed by atoms with Crippen molar-refractivity contribution in [1.29, 1.82) is 0 Å². The van der Waals surface area contributed by atoms with Gasteiger partial charge in [-0.3, -0.25) is 14.2 Å². The first-order chi connectivity index (χ1) is 13.9. The van der Waals surface area contributed by atoms with Gasteiger partial charge in [0.05, 0.1) is 27.0 Å². The topological polar surface area (TPSA) is 55.2 Å². The Hall–Kier alpha value is -2.37. The van der Waals surface area contributed by atoms with Gasteiger partial charge in [0.2, 0.25) is 0 Å². The first-order valence-corrected chi connectivity index (χ1v) is 10.4. The standard InChI is InChI=1S/C22H23Cl2N3O2/c1-4-19(26(5-2)21(28)14-11-12-16(23)17(24)13-14)20-25-18-10-8-7-9-15(18)22(29)27(20)6-3/h7-13,19H,4-6H2,1-3H3. The lowest BCUT2D eigenvalue weighted by Crippen LogP contribution is -2.38. The fraction of sp³-hybridized carbons (Fsp3) is 0.318. The minimum absolute atomic E-state index is 0.0930. The van der Waals surface area contributed by atoms with Crippen molar-refractivity contribution in [3.05, 3.63) is 74.3 Å². The number of carbonyl (C=O) groups excluding carboxylic acids is 1. The van der Waals surface area contributed by atoms with Crippen LogP contribution in [0.4, 0.5) is 0 Å². The number of para-hydroxylation sites is 1. The van der Waals surface area contributed by atoms with E-state index in [2.05, 4.69) is 0 Å². The van der Waals surface area contributed by atoms with Gasteiger partial charge in [-0.05, 0) is 50.6 Å². The maximum Gasteiger partial charge on any atom is 0.261 e. The average Bonchev–Trinajstić information content (AvgIpc) is 2.73. The number of nitrogens with zero attached hydrogens (tertiary/aromatic N) is 3. The number of rotatable bonds is 6. The Morgan fingerprint density at radius 3 is 2.45 bits per heavy atom. The molecule has 1 amide bonds.